The highest BCUT2D eigenvalue weighted by atomic mass is 35.5. The van der Waals surface area contributed by atoms with E-state index in [2.05, 4.69) is 10.3 Å². The van der Waals surface area contributed by atoms with Gasteiger partial charge in [-0.15, -0.1) is 0 Å². The lowest BCUT2D eigenvalue weighted by molar-refractivity contribution is -0.116. The Bertz CT molecular complexity index is 1550. The molecule has 0 aliphatic carbocycles. The van der Waals surface area contributed by atoms with Gasteiger partial charge in [-0.2, -0.15) is 0 Å². The third kappa shape index (κ3) is 4.53. The van der Waals surface area contributed by atoms with E-state index in [1.54, 1.807) is 49.4 Å². The summed E-state index contributed by atoms with van der Waals surface area (Å²) in [7, 11) is -4.11. The Morgan fingerprint density at radius 1 is 1.06 bits per heavy atom. The predicted molar refractivity (Wildman–Crippen MR) is 127 cm³/mol. The van der Waals surface area contributed by atoms with Gasteiger partial charge in [0, 0.05) is 22.6 Å². The summed E-state index contributed by atoms with van der Waals surface area (Å²) in [6.45, 7) is 3.32. The van der Waals surface area contributed by atoms with Crippen molar-refractivity contribution in [2.24, 2.45) is 0 Å². The second-order valence-electron chi connectivity index (χ2n) is 7.60. The number of halogens is 1. The molecule has 168 valence electrons. The fourth-order valence-electron chi connectivity index (χ4n) is 3.45. The van der Waals surface area contributed by atoms with Crippen molar-refractivity contribution in [3.8, 4) is 0 Å². The largest absolute Gasteiger partial charge is 0.324 e. The van der Waals surface area contributed by atoms with Crippen molar-refractivity contribution in [3.05, 3.63) is 93.4 Å². The normalized spacial score (nSPS) is 11.5. The molecule has 0 saturated heterocycles. The minimum atomic E-state index is -4.11. The lowest BCUT2D eigenvalue weighted by Crippen LogP contribution is -2.24. The molecular formula is C24H20ClN3O4S. The molecule has 2 heterocycles. The van der Waals surface area contributed by atoms with Crippen LogP contribution in [0.25, 0.3) is 11.0 Å². The molecule has 4 aromatic rings. The number of aromatic nitrogens is 2. The van der Waals surface area contributed by atoms with Crippen molar-refractivity contribution in [2.75, 3.05) is 5.32 Å². The smallest absolute Gasteiger partial charge is 0.244 e. The molecule has 4 rings (SSSR count). The minimum Gasteiger partial charge on any atom is -0.324 e. The van der Waals surface area contributed by atoms with Gasteiger partial charge >= 0.3 is 0 Å². The first-order valence-corrected chi connectivity index (χ1v) is 11.9. The van der Waals surface area contributed by atoms with Crippen LogP contribution >= 0.6 is 11.6 Å². The van der Waals surface area contributed by atoms with Crippen molar-refractivity contribution >= 4 is 44.1 Å². The molecule has 7 nitrogen and oxygen atoms in total. The highest BCUT2D eigenvalue weighted by Crippen LogP contribution is 2.22. The van der Waals surface area contributed by atoms with Crippen molar-refractivity contribution < 1.29 is 13.2 Å². The molecule has 2 aromatic heterocycles. The first-order chi connectivity index (χ1) is 15.7. The number of hydrogen-bond acceptors (Lipinski definition) is 5. The molecule has 2 aromatic carbocycles. The molecule has 0 atom stereocenters. The van der Waals surface area contributed by atoms with Gasteiger partial charge in [0.05, 0.1) is 10.3 Å². The summed E-state index contributed by atoms with van der Waals surface area (Å²) in [5, 5.41) is 3.37. The highest BCUT2D eigenvalue weighted by Gasteiger charge is 2.24. The van der Waals surface area contributed by atoms with E-state index in [0.717, 1.165) is 5.56 Å². The Kier molecular flexibility index (Phi) is 6.05. The van der Waals surface area contributed by atoms with Gasteiger partial charge in [0.2, 0.25) is 21.2 Å². The number of carbonyl (C=O) groups is 1. The number of hydrogen-bond donors (Lipinski definition) is 1. The van der Waals surface area contributed by atoms with E-state index in [0.29, 0.717) is 16.4 Å². The Morgan fingerprint density at radius 2 is 1.79 bits per heavy atom. The van der Waals surface area contributed by atoms with E-state index >= 15 is 0 Å². The molecule has 33 heavy (non-hydrogen) atoms. The van der Waals surface area contributed by atoms with Crippen LogP contribution in [0, 0.1) is 13.8 Å². The van der Waals surface area contributed by atoms with Crippen LogP contribution in [0.15, 0.2) is 81.4 Å². The number of benzene rings is 2. The van der Waals surface area contributed by atoms with Gasteiger partial charge < -0.3 is 9.88 Å². The quantitative estimate of drug-likeness (QED) is 0.462. The molecule has 0 spiro atoms. The van der Waals surface area contributed by atoms with Crippen LogP contribution < -0.4 is 10.7 Å². The maximum Gasteiger partial charge on any atom is 0.244 e. The van der Waals surface area contributed by atoms with Gasteiger partial charge in [-0.1, -0.05) is 35.9 Å². The fourth-order valence-corrected chi connectivity index (χ4v) is 5.01. The maximum absolute atomic E-state index is 13.2. The summed E-state index contributed by atoms with van der Waals surface area (Å²) in [5.41, 5.74) is 1.55. The summed E-state index contributed by atoms with van der Waals surface area (Å²) in [4.78, 5) is 29.9. The van der Waals surface area contributed by atoms with Gasteiger partial charge in [0.1, 0.15) is 17.1 Å². The summed E-state index contributed by atoms with van der Waals surface area (Å²) in [6, 6.07) is 16.0. The van der Waals surface area contributed by atoms with Crippen LogP contribution in [0.3, 0.4) is 0 Å². The number of fused-ring (bicyclic) bond motifs is 1. The predicted octanol–water partition coefficient (Wildman–Crippen LogP) is 4.14. The number of carbonyl (C=O) groups excluding carboxylic acids is 1. The minimum absolute atomic E-state index is 0.00734. The van der Waals surface area contributed by atoms with Crippen LogP contribution in [-0.2, 0) is 21.2 Å². The second kappa shape index (κ2) is 8.80. The number of aryl methyl sites for hydroxylation is 2. The van der Waals surface area contributed by atoms with E-state index in [4.69, 9.17) is 11.6 Å². The molecule has 0 aliphatic rings. The van der Waals surface area contributed by atoms with Gasteiger partial charge in [-0.25, -0.2) is 13.4 Å². The Hall–Kier alpha value is -3.49. The summed E-state index contributed by atoms with van der Waals surface area (Å²) >= 11 is 6.03. The first-order valence-electron chi connectivity index (χ1n) is 10.0. The van der Waals surface area contributed by atoms with Gasteiger partial charge in [0.25, 0.3) is 0 Å². The number of amides is 1. The molecule has 0 saturated carbocycles. The van der Waals surface area contributed by atoms with E-state index in [1.807, 2.05) is 6.92 Å². The van der Waals surface area contributed by atoms with Crippen molar-refractivity contribution in [1.82, 2.24) is 9.55 Å². The lowest BCUT2D eigenvalue weighted by atomic mass is 10.2. The SMILES string of the molecule is Cc1ccc2c(=O)c(S(=O)(=O)c3ccccc3)cn(CC(=O)Nc3cc(Cl)ccc3C)c2n1. The zero-order chi connectivity index (χ0) is 23.8. The number of pyridine rings is 2. The number of nitrogens with one attached hydrogen (secondary N) is 1. The van der Waals surface area contributed by atoms with Crippen molar-refractivity contribution in [2.45, 2.75) is 30.2 Å². The van der Waals surface area contributed by atoms with Gasteiger partial charge in [-0.3, -0.25) is 9.59 Å². The Labute approximate surface area is 195 Å². The molecule has 1 amide bonds. The standard InChI is InChI=1S/C24H20ClN3O4S/c1-15-8-10-17(25)12-20(15)27-22(29)14-28-13-21(33(31,32)18-6-4-3-5-7-18)23(30)19-11-9-16(2)26-24(19)28/h3-13H,14H2,1-2H3,(H,27,29). The van der Waals surface area contributed by atoms with Crippen molar-refractivity contribution in [1.29, 1.82) is 0 Å². The van der Waals surface area contributed by atoms with E-state index in [1.165, 1.54) is 29.0 Å². The topological polar surface area (TPSA) is 98.1 Å². The summed E-state index contributed by atoms with van der Waals surface area (Å²) in [5.74, 6) is -0.420. The third-order valence-electron chi connectivity index (χ3n) is 5.16. The highest BCUT2D eigenvalue weighted by molar-refractivity contribution is 7.91. The van der Waals surface area contributed by atoms with E-state index < -0.39 is 26.1 Å². The summed E-state index contributed by atoms with van der Waals surface area (Å²) < 4.78 is 27.8. The Morgan fingerprint density at radius 3 is 2.52 bits per heavy atom. The molecule has 9 heteroatoms. The summed E-state index contributed by atoms with van der Waals surface area (Å²) in [6.07, 6.45) is 1.18. The number of anilines is 1. The fraction of sp³-hybridized carbons (Fsp3) is 0.125. The second-order valence-corrected chi connectivity index (χ2v) is 9.95. The van der Waals surface area contributed by atoms with Crippen LogP contribution in [-0.4, -0.2) is 23.9 Å². The number of rotatable bonds is 5. The van der Waals surface area contributed by atoms with Crippen LogP contribution in [0.2, 0.25) is 5.02 Å². The molecule has 1 N–H and O–H groups in total. The lowest BCUT2D eigenvalue weighted by Gasteiger charge is -2.14. The number of sulfone groups is 1. The number of nitrogens with zero attached hydrogens (tertiary/aromatic N) is 2. The average Bonchev–Trinajstić information content (AvgIpc) is 2.78. The van der Waals surface area contributed by atoms with Crippen LogP contribution in [0.1, 0.15) is 11.3 Å². The zero-order valence-electron chi connectivity index (χ0n) is 17.9. The molecule has 0 bridgehead atoms. The molecule has 0 aliphatic heterocycles. The van der Waals surface area contributed by atoms with Gasteiger partial charge in [0.15, 0.2) is 0 Å². The zero-order valence-corrected chi connectivity index (χ0v) is 19.4. The monoisotopic (exact) mass is 481 g/mol. The first kappa shape index (κ1) is 22.7. The third-order valence-corrected chi connectivity index (χ3v) is 7.16. The van der Waals surface area contributed by atoms with Crippen LogP contribution in [0.5, 0.6) is 0 Å². The van der Waals surface area contributed by atoms with Gasteiger partial charge in [-0.05, 0) is 55.8 Å². The molecular weight excluding hydrogens is 462 g/mol. The van der Waals surface area contributed by atoms with E-state index in [9.17, 15) is 18.0 Å². The molecule has 0 unspecified atom stereocenters. The molecule has 0 radical (unpaired) electrons. The average molecular weight is 482 g/mol. The van der Waals surface area contributed by atoms with E-state index in [-0.39, 0.29) is 22.5 Å². The van der Waals surface area contributed by atoms with Crippen molar-refractivity contribution in [3.63, 3.8) is 0 Å². The van der Waals surface area contributed by atoms with Crippen LogP contribution in [0.4, 0.5) is 5.69 Å². The Balaban J connectivity index is 1.83. The maximum atomic E-state index is 13.2. The molecule has 0 fully saturated rings.